The summed E-state index contributed by atoms with van der Waals surface area (Å²) in [5.41, 5.74) is 0.0414. The number of amides is 1. The number of carbonyl (C=O) groups is 1. The van der Waals surface area contributed by atoms with Crippen LogP contribution in [-0.4, -0.2) is 49.0 Å². The lowest BCUT2D eigenvalue weighted by Gasteiger charge is -2.16. The number of benzene rings is 1. The molecule has 8 nitrogen and oxygen atoms in total. The van der Waals surface area contributed by atoms with Gasteiger partial charge < -0.3 is 5.32 Å². The van der Waals surface area contributed by atoms with Crippen LogP contribution in [0.1, 0.15) is 22.7 Å². The van der Waals surface area contributed by atoms with Crippen molar-refractivity contribution in [3.05, 3.63) is 47.0 Å². The zero-order valence-electron chi connectivity index (χ0n) is 14.4. The smallest absolute Gasteiger partial charge is 0.319 e. The second-order valence-corrected chi connectivity index (χ2v) is 7.59. The van der Waals surface area contributed by atoms with Gasteiger partial charge in [0.25, 0.3) is 15.9 Å². The molecule has 27 heavy (non-hydrogen) atoms. The van der Waals surface area contributed by atoms with Gasteiger partial charge >= 0.3 is 6.55 Å². The predicted octanol–water partition coefficient (Wildman–Crippen LogP) is 2.09. The highest BCUT2D eigenvalue weighted by atomic mass is 35.5. The average Bonchev–Trinajstić information content (AvgIpc) is 3.09. The van der Waals surface area contributed by atoms with Gasteiger partial charge in [0.15, 0.2) is 0 Å². The largest absolute Gasteiger partial charge is 0.352 e. The second kappa shape index (κ2) is 8.74. The summed E-state index contributed by atoms with van der Waals surface area (Å²) in [6.45, 7) is -2.69. The average molecular weight is 423 g/mol. The lowest BCUT2D eigenvalue weighted by molar-refractivity contribution is -0.0258. The molecule has 0 saturated carbocycles. The highest BCUT2D eigenvalue weighted by Crippen LogP contribution is 2.25. The minimum Gasteiger partial charge on any atom is -0.352 e. The Morgan fingerprint density at radius 1 is 1.44 bits per heavy atom. The molecule has 0 unspecified atom stereocenters. The Balaban J connectivity index is 2.11. The molecule has 2 aromatic rings. The molecule has 0 aliphatic heterocycles. The van der Waals surface area contributed by atoms with Crippen LogP contribution >= 0.6 is 11.6 Å². The van der Waals surface area contributed by atoms with Crippen LogP contribution in [-0.2, 0) is 21.3 Å². The Morgan fingerprint density at radius 3 is 2.78 bits per heavy atom. The fourth-order valence-electron chi connectivity index (χ4n) is 2.18. The van der Waals surface area contributed by atoms with Crippen molar-refractivity contribution in [3.63, 3.8) is 0 Å². The van der Waals surface area contributed by atoms with Crippen molar-refractivity contribution in [2.24, 2.45) is 0 Å². The highest BCUT2D eigenvalue weighted by Gasteiger charge is 2.25. The number of sulfonamides is 1. The van der Waals surface area contributed by atoms with Crippen molar-refractivity contribution in [3.8, 4) is 0 Å². The first-order valence-corrected chi connectivity index (χ1v) is 9.41. The lowest BCUT2D eigenvalue weighted by atomic mass is 10.2. The zero-order chi connectivity index (χ0) is 20.2. The molecule has 0 atom stereocenters. The van der Waals surface area contributed by atoms with E-state index in [9.17, 15) is 22.0 Å². The molecular weight excluding hydrogens is 406 g/mol. The third kappa shape index (κ3) is 4.80. The first-order valence-electron chi connectivity index (χ1n) is 7.59. The van der Waals surface area contributed by atoms with Crippen LogP contribution in [0.15, 0.2) is 35.5 Å². The number of alkyl halides is 2. The molecule has 0 fully saturated rings. The number of hydrogen-bond acceptors (Lipinski definition) is 5. The number of carbonyl (C=O) groups excluding carboxylic acids is 1. The normalized spacial score (nSPS) is 12.0. The predicted molar refractivity (Wildman–Crippen MR) is 92.9 cm³/mol. The molecular formula is C15H17ClF2N4O4S. The molecule has 0 saturated heterocycles. The van der Waals surface area contributed by atoms with Gasteiger partial charge in [-0.2, -0.15) is 8.78 Å². The molecule has 1 aromatic heterocycles. The maximum Gasteiger partial charge on any atom is 0.319 e. The molecule has 1 amide bonds. The van der Waals surface area contributed by atoms with Crippen molar-refractivity contribution in [2.45, 2.75) is 17.9 Å². The molecule has 0 bridgehead atoms. The van der Waals surface area contributed by atoms with Crippen LogP contribution in [0.5, 0.6) is 0 Å². The van der Waals surface area contributed by atoms with Gasteiger partial charge in [0.2, 0.25) is 0 Å². The van der Waals surface area contributed by atoms with E-state index in [-0.39, 0.29) is 34.3 Å². The summed E-state index contributed by atoms with van der Waals surface area (Å²) in [7, 11) is -1.69. The Hall–Kier alpha value is -2.08. The zero-order valence-corrected chi connectivity index (χ0v) is 16.0. The van der Waals surface area contributed by atoms with Gasteiger partial charge in [-0.3, -0.25) is 14.2 Å². The molecule has 1 N–H and O–H groups in total. The molecule has 0 radical (unpaired) electrons. The van der Waals surface area contributed by atoms with Gasteiger partial charge in [-0.05, 0) is 18.2 Å². The first-order chi connectivity index (χ1) is 12.7. The quantitative estimate of drug-likeness (QED) is 0.657. The number of nitrogens with zero attached hydrogens (tertiary/aromatic N) is 3. The van der Waals surface area contributed by atoms with Gasteiger partial charge in [0.05, 0.1) is 12.1 Å². The van der Waals surface area contributed by atoms with Crippen LogP contribution < -0.4 is 5.32 Å². The summed E-state index contributed by atoms with van der Waals surface area (Å²) >= 11 is 5.93. The third-order valence-electron chi connectivity index (χ3n) is 3.66. The van der Waals surface area contributed by atoms with E-state index in [0.29, 0.717) is 9.04 Å². The van der Waals surface area contributed by atoms with Crippen LogP contribution in [0.4, 0.5) is 8.78 Å². The fourth-order valence-corrected chi connectivity index (χ4v) is 3.66. The van der Waals surface area contributed by atoms with Gasteiger partial charge in [-0.15, -0.1) is 0 Å². The van der Waals surface area contributed by atoms with Crippen molar-refractivity contribution in [2.75, 3.05) is 20.7 Å². The number of halogens is 3. The second-order valence-electron chi connectivity index (χ2n) is 5.28. The van der Waals surface area contributed by atoms with Crippen LogP contribution in [0.25, 0.3) is 0 Å². The maximum atomic E-state index is 12.8. The number of nitrogens with one attached hydrogen (secondary N) is 1. The van der Waals surface area contributed by atoms with E-state index >= 15 is 0 Å². The summed E-state index contributed by atoms with van der Waals surface area (Å²) in [4.78, 5) is 20.4. The topological polar surface area (TPSA) is 93.5 Å². The Labute approximate surface area is 159 Å². The summed E-state index contributed by atoms with van der Waals surface area (Å²) in [5.74, 6) is -0.468. The molecule has 148 valence electrons. The van der Waals surface area contributed by atoms with E-state index in [0.717, 1.165) is 12.3 Å². The number of rotatable bonds is 8. The Bertz CT molecular complexity index is 920. The fraction of sp³-hybridized carbons (Fsp3) is 0.333. The van der Waals surface area contributed by atoms with E-state index in [1.54, 1.807) is 0 Å². The molecule has 1 aromatic carbocycles. The minimum atomic E-state index is -4.04. The van der Waals surface area contributed by atoms with Crippen molar-refractivity contribution >= 4 is 27.5 Å². The molecule has 2 rings (SSSR count). The Kier molecular flexibility index (Phi) is 6.87. The van der Waals surface area contributed by atoms with E-state index < -0.39 is 22.5 Å². The lowest BCUT2D eigenvalue weighted by Crippen LogP contribution is -2.28. The molecule has 0 aliphatic carbocycles. The summed E-state index contributed by atoms with van der Waals surface area (Å²) in [6, 6.07) is 3.74. The summed E-state index contributed by atoms with van der Waals surface area (Å²) in [5, 5.41) is 2.45. The third-order valence-corrected chi connectivity index (χ3v) is 5.82. The van der Waals surface area contributed by atoms with E-state index in [1.807, 2.05) is 0 Å². The van der Waals surface area contributed by atoms with Crippen LogP contribution in [0.3, 0.4) is 0 Å². The SMILES string of the molecule is CON(C)S(=O)(=O)c1cc(C(=O)NCCc2nccn2C(F)F)ccc1Cl. The number of imidazole rings is 1. The molecule has 0 aliphatic rings. The number of aromatic nitrogens is 2. The maximum absolute atomic E-state index is 12.8. The standard InChI is InChI=1S/C15H17ClF2N4O4S/c1-21(26-2)27(24,25)12-9-10(3-4-11(12)16)14(23)20-6-5-13-19-7-8-22(13)15(17)18/h3-4,7-9,15H,5-6H2,1-2H3,(H,20,23). The van der Waals surface area contributed by atoms with Crippen molar-refractivity contribution < 1.29 is 26.8 Å². The van der Waals surface area contributed by atoms with Crippen LogP contribution in [0, 0.1) is 0 Å². The molecule has 0 spiro atoms. The Morgan fingerprint density at radius 2 is 2.15 bits per heavy atom. The van der Waals surface area contributed by atoms with Crippen LogP contribution in [0.2, 0.25) is 5.02 Å². The van der Waals surface area contributed by atoms with Gasteiger partial charge in [0.1, 0.15) is 10.7 Å². The van der Waals surface area contributed by atoms with Gasteiger partial charge in [-0.25, -0.2) is 13.4 Å². The van der Waals surface area contributed by atoms with Gasteiger partial charge in [-0.1, -0.05) is 16.1 Å². The van der Waals surface area contributed by atoms with Crippen molar-refractivity contribution in [1.29, 1.82) is 0 Å². The van der Waals surface area contributed by atoms with Gasteiger partial charge in [0, 0.05) is 38.0 Å². The molecule has 1 heterocycles. The highest BCUT2D eigenvalue weighted by molar-refractivity contribution is 7.89. The monoisotopic (exact) mass is 422 g/mol. The minimum absolute atomic E-state index is 0.0330. The summed E-state index contributed by atoms with van der Waals surface area (Å²) < 4.78 is 51.5. The number of hydroxylamine groups is 1. The number of hydrogen-bond donors (Lipinski definition) is 1. The van der Waals surface area contributed by atoms with E-state index in [1.165, 1.54) is 32.5 Å². The van der Waals surface area contributed by atoms with E-state index in [4.69, 9.17) is 11.6 Å². The van der Waals surface area contributed by atoms with Crippen molar-refractivity contribution in [1.82, 2.24) is 19.3 Å². The summed E-state index contributed by atoms with van der Waals surface area (Å²) in [6.07, 6.45) is 2.46. The van der Waals surface area contributed by atoms with E-state index in [2.05, 4.69) is 15.1 Å². The molecule has 12 heteroatoms. The first kappa shape index (κ1) is 21.2.